The number of benzene rings is 1. The van der Waals surface area contributed by atoms with Gasteiger partial charge in [0, 0.05) is 25.5 Å². The minimum Gasteiger partial charge on any atom is -0.330 e. The van der Waals surface area contributed by atoms with Gasteiger partial charge in [-0.3, -0.25) is 4.68 Å². The van der Waals surface area contributed by atoms with E-state index < -0.39 is 0 Å². The summed E-state index contributed by atoms with van der Waals surface area (Å²) < 4.78 is 4.08. The van der Waals surface area contributed by atoms with E-state index in [0.717, 1.165) is 24.4 Å². The van der Waals surface area contributed by atoms with E-state index in [2.05, 4.69) is 40.0 Å². The van der Waals surface area contributed by atoms with Crippen LogP contribution in [0.4, 0.5) is 0 Å². The van der Waals surface area contributed by atoms with Gasteiger partial charge in [0.05, 0.1) is 24.1 Å². The Balaban J connectivity index is 1.66. The van der Waals surface area contributed by atoms with Crippen molar-refractivity contribution in [3.05, 3.63) is 48.5 Å². The second-order valence-electron chi connectivity index (χ2n) is 5.09. The Labute approximate surface area is 118 Å². The number of imidazole rings is 1. The van der Waals surface area contributed by atoms with Crippen LogP contribution in [0.1, 0.15) is 12.7 Å². The molecule has 3 rings (SSSR count). The molecule has 0 aliphatic carbocycles. The van der Waals surface area contributed by atoms with Crippen molar-refractivity contribution < 1.29 is 0 Å². The first kappa shape index (κ1) is 12.9. The van der Waals surface area contributed by atoms with E-state index in [9.17, 15) is 0 Å². The normalized spacial score (nSPS) is 12.9. The monoisotopic (exact) mass is 269 g/mol. The molecule has 0 aliphatic heterocycles. The van der Waals surface area contributed by atoms with E-state index in [1.165, 1.54) is 5.52 Å². The summed E-state index contributed by atoms with van der Waals surface area (Å²) in [6.07, 6.45) is 3.78. The van der Waals surface area contributed by atoms with E-state index >= 15 is 0 Å². The van der Waals surface area contributed by atoms with Crippen LogP contribution in [0.25, 0.3) is 11.0 Å². The van der Waals surface area contributed by atoms with Gasteiger partial charge >= 0.3 is 0 Å². The maximum absolute atomic E-state index is 4.66. The molecule has 0 aliphatic rings. The Morgan fingerprint density at radius 2 is 2.10 bits per heavy atom. The van der Waals surface area contributed by atoms with Crippen molar-refractivity contribution in [3.63, 3.8) is 0 Å². The van der Waals surface area contributed by atoms with Crippen molar-refractivity contribution in [3.8, 4) is 0 Å². The van der Waals surface area contributed by atoms with Gasteiger partial charge in [0.15, 0.2) is 0 Å². The molecular formula is C15H19N5. The fourth-order valence-electron chi connectivity index (χ4n) is 2.37. The number of hydrogen-bond donors (Lipinski definition) is 1. The standard InChI is InChI=1S/C15H19N5/c1-12(11-20-9-5-8-17-20)16-10-15-18-13-6-3-4-7-14(13)19(15)2/h3-9,12,16H,10-11H2,1-2H3. The number of hydrogen-bond acceptors (Lipinski definition) is 3. The van der Waals surface area contributed by atoms with Crippen molar-refractivity contribution in [2.45, 2.75) is 26.1 Å². The number of aromatic nitrogens is 4. The third kappa shape index (κ3) is 2.58. The molecule has 1 aromatic carbocycles. The molecule has 5 nitrogen and oxygen atoms in total. The Bertz CT molecular complexity index is 683. The number of nitrogens with one attached hydrogen (secondary N) is 1. The predicted molar refractivity (Wildman–Crippen MR) is 79.2 cm³/mol. The lowest BCUT2D eigenvalue weighted by Crippen LogP contribution is -2.31. The number of rotatable bonds is 5. The Morgan fingerprint density at radius 1 is 1.25 bits per heavy atom. The van der Waals surface area contributed by atoms with Crippen LogP contribution in [-0.2, 0) is 20.1 Å². The van der Waals surface area contributed by atoms with Gasteiger partial charge in [-0.15, -0.1) is 0 Å². The minimum absolute atomic E-state index is 0.342. The van der Waals surface area contributed by atoms with E-state index in [1.54, 1.807) is 6.20 Å². The molecule has 1 N–H and O–H groups in total. The highest BCUT2D eigenvalue weighted by Crippen LogP contribution is 2.14. The van der Waals surface area contributed by atoms with Gasteiger partial charge in [0.25, 0.3) is 0 Å². The molecule has 1 atom stereocenters. The minimum atomic E-state index is 0.342. The number of para-hydroxylation sites is 2. The predicted octanol–water partition coefficient (Wildman–Crippen LogP) is 1.95. The molecule has 0 saturated carbocycles. The molecule has 0 saturated heterocycles. The first-order chi connectivity index (χ1) is 9.74. The average molecular weight is 269 g/mol. The summed E-state index contributed by atoms with van der Waals surface area (Å²) in [5.41, 5.74) is 2.22. The zero-order valence-corrected chi connectivity index (χ0v) is 11.8. The smallest absolute Gasteiger partial charge is 0.123 e. The summed E-state index contributed by atoms with van der Waals surface area (Å²) in [4.78, 5) is 4.66. The molecular weight excluding hydrogens is 250 g/mol. The maximum atomic E-state index is 4.66. The van der Waals surface area contributed by atoms with Crippen LogP contribution in [0.15, 0.2) is 42.7 Å². The van der Waals surface area contributed by atoms with Crippen LogP contribution >= 0.6 is 0 Å². The van der Waals surface area contributed by atoms with Crippen LogP contribution in [0, 0.1) is 0 Å². The van der Waals surface area contributed by atoms with Crippen LogP contribution in [0.3, 0.4) is 0 Å². The van der Waals surface area contributed by atoms with Crippen molar-refractivity contribution in [2.75, 3.05) is 0 Å². The summed E-state index contributed by atoms with van der Waals surface area (Å²) in [5, 5.41) is 7.71. The second kappa shape index (κ2) is 5.46. The van der Waals surface area contributed by atoms with Crippen molar-refractivity contribution >= 4 is 11.0 Å². The molecule has 20 heavy (non-hydrogen) atoms. The molecule has 104 valence electrons. The third-order valence-electron chi connectivity index (χ3n) is 3.51. The number of fused-ring (bicyclic) bond motifs is 1. The molecule has 1 unspecified atom stereocenters. The van der Waals surface area contributed by atoms with Gasteiger partial charge in [-0.1, -0.05) is 12.1 Å². The molecule has 3 aromatic rings. The van der Waals surface area contributed by atoms with E-state index in [0.29, 0.717) is 6.04 Å². The number of nitrogens with zero attached hydrogens (tertiary/aromatic N) is 4. The largest absolute Gasteiger partial charge is 0.330 e. The van der Waals surface area contributed by atoms with Crippen LogP contribution in [0.2, 0.25) is 0 Å². The van der Waals surface area contributed by atoms with Gasteiger partial charge in [-0.2, -0.15) is 5.10 Å². The summed E-state index contributed by atoms with van der Waals surface area (Å²) in [6, 6.07) is 10.5. The zero-order valence-electron chi connectivity index (χ0n) is 11.8. The van der Waals surface area contributed by atoms with Gasteiger partial charge in [-0.05, 0) is 25.1 Å². The quantitative estimate of drug-likeness (QED) is 0.770. The zero-order chi connectivity index (χ0) is 13.9. The highest BCUT2D eigenvalue weighted by Gasteiger charge is 2.08. The first-order valence-corrected chi connectivity index (χ1v) is 6.85. The Kier molecular flexibility index (Phi) is 3.52. The summed E-state index contributed by atoms with van der Waals surface area (Å²) in [6.45, 7) is 3.77. The molecule has 0 fully saturated rings. The second-order valence-corrected chi connectivity index (χ2v) is 5.09. The fraction of sp³-hybridized carbons (Fsp3) is 0.333. The van der Waals surface area contributed by atoms with Gasteiger partial charge in [-0.25, -0.2) is 4.98 Å². The molecule has 0 amide bonds. The Hall–Kier alpha value is -2.14. The van der Waals surface area contributed by atoms with Crippen molar-refractivity contribution in [1.29, 1.82) is 0 Å². The van der Waals surface area contributed by atoms with Crippen molar-refractivity contribution in [1.82, 2.24) is 24.6 Å². The maximum Gasteiger partial charge on any atom is 0.123 e. The van der Waals surface area contributed by atoms with Gasteiger partial charge < -0.3 is 9.88 Å². The van der Waals surface area contributed by atoms with Crippen molar-refractivity contribution in [2.24, 2.45) is 7.05 Å². The summed E-state index contributed by atoms with van der Waals surface area (Å²) >= 11 is 0. The first-order valence-electron chi connectivity index (χ1n) is 6.85. The third-order valence-corrected chi connectivity index (χ3v) is 3.51. The highest BCUT2D eigenvalue weighted by atomic mass is 15.3. The summed E-state index contributed by atoms with van der Waals surface area (Å²) in [5.74, 6) is 1.05. The molecule has 0 bridgehead atoms. The lowest BCUT2D eigenvalue weighted by Gasteiger charge is -2.13. The summed E-state index contributed by atoms with van der Waals surface area (Å²) in [7, 11) is 2.06. The van der Waals surface area contributed by atoms with E-state index in [4.69, 9.17) is 0 Å². The van der Waals surface area contributed by atoms with Gasteiger partial charge in [0.2, 0.25) is 0 Å². The topological polar surface area (TPSA) is 47.7 Å². The fourth-order valence-corrected chi connectivity index (χ4v) is 2.37. The average Bonchev–Trinajstić information content (AvgIpc) is 3.06. The highest BCUT2D eigenvalue weighted by molar-refractivity contribution is 5.75. The molecule has 2 heterocycles. The molecule has 0 spiro atoms. The lowest BCUT2D eigenvalue weighted by atomic mass is 10.3. The molecule has 0 radical (unpaired) electrons. The SMILES string of the molecule is CC(Cn1cccn1)NCc1nc2ccccc2n1C. The Morgan fingerprint density at radius 3 is 2.85 bits per heavy atom. The van der Waals surface area contributed by atoms with Crippen LogP contribution in [-0.4, -0.2) is 25.4 Å². The number of aryl methyl sites for hydroxylation is 1. The van der Waals surface area contributed by atoms with Crippen LogP contribution in [0.5, 0.6) is 0 Å². The van der Waals surface area contributed by atoms with Crippen LogP contribution < -0.4 is 5.32 Å². The molecule has 2 aromatic heterocycles. The molecule has 5 heteroatoms. The van der Waals surface area contributed by atoms with Gasteiger partial charge in [0.1, 0.15) is 5.82 Å². The lowest BCUT2D eigenvalue weighted by molar-refractivity contribution is 0.443. The van der Waals surface area contributed by atoms with E-state index in [-0.39, 0.29) is 0 Å². The van der Waals surface area contributed by atoms with E-state index in [1.807, 2.05) is 35.1 Å².